The average molecular weight is 374 g/mol. The number of hydrogen-bond donors (Lipinski definition) is 2. The Kier molecular flexibility index (Phi) is 5.16. The van der Waals surface area contributed by atoms with E-state index in [-0.39, 0.29) is 30.8 Å². The molecule has 6 nitrogen and oxygen atoms in total. The van der Waals surface area contributed by atoms with E-state index in [2.05, 4.69) is 5.32 Å². The van der Waals surface area contributed by atoms with Crippen LogP contribution in [0.3, 0.4) is 0 Å². The fourth-order valence-electron chi connectivity index (χ4n) is 2.91. The van der Waals surface area contributed by atoms with E-state index in [4.69, 9.17) is 5.11 Å². The van der Waals surface area contributed by atoms with E-state index in [9.17, 15) is 23.2 Å². The summed E-state index contributed by atoms with van der Waals surface area (Å²) in [6.45, 7) is 0.378. The lowest BCUT2D eigenvalue weighted by Gasteiger charge is -2.17. The molecular weight excluding hydrogens is 358 g/mol. The highest BCUT2D eigenvalue weighted by molar-refractivity contribution is 6.09. The topological polar surface area (TPSA) is 86.7 Å². The van der Waals surface area contributed by atoms with Crippen LogP contribution in [-0.4, -0.2) is 29.4 Å². The van der Waals surface area contributed by atoms with Crippen LogP contribution < -0.4 is 10.2 Å². The van der Waals surface area contributed by atoms with E-state index in [0.29, 0.717) is 5.56 Å². The molecule has 0 bridgehead atoms. The number of aromatic carboxylic acids is 1. The molecule has 0 radical (unpaired) electrons. The predicted octanol–water partition coefficient (Wildman–Crippen LogP) is 2.33. The van der Waals surface area contributed by atoms with Crippen molar-refractivity contribution in [1.82, 2.24) is 5.32 Å². The zero-order chi connectivity index (χ0) is 19.6. The Balaban J connectivity index is 1.61. The Bertz CT molecular complexity index is 899. The second kappa shape index (κ2) is 7.53. The Labute approximate surface area is 153 Å². The SMILES string of the molecule is O=C(O)c1ccc(CNC(=O)[C@@H]2CCN(c3ccc(F)c(F)c3)C2=O)cc1. The molecule has 8 heteroatoms. The minimum Gasteiger partial charge on any atom is -0.478 e. The summed E-state index contributed by atoms with van der Waals surface area (Å²) in [4.78, 5) is 36.9. The van der Waals surface area contributed by atoms with Gasteiger partial charge in [-0.15, -0.1) is 0 Å². The molecular formula is C19H16F2N2O4. The molecule has 0 unspecified atom stereocenters. The Hall–Kier alpha value is -3.29. The van der Waals surface area contributed by atoms with Crippen LogP contribution in [0.25, 0.3) is 0 Å². The summed E-state index contributed by atoms with van der Waals surface area (Å²) >= 11 is 0. The van der Waals surface area contributed by atoms with Gasteiger partial charge in [-0.05, 0) is 36.2 Å². The number of benzene rings is 2. The van der Waals surface area contributed by atoms with Gasteiger partial charge in [-0.3, -0.25) is 9.59 Å². The van der Waals surface area contributed by atoms with E-state index in [1.807, 2.05) is 0 Å². The van der Waals surface area contributed by atoms with Gasteiger partial charge in [0.1, 0.15) is 5.92 Å². The minimum absolute atomic E-state index is 0.137. The van der Waals surface area contributed by atoms with Crippen molar-refractivity contribution in [3.05, 3.63) is 65.2 Å². The maximum absolute atomic E-state index is 13.4. The summed E-state index contributed by atoms with van der Waals surface area (Å²) in [6.07, 6.45) is 0.265. The first-order valence-electron chi connectivity index (χ1n) is 8.23. The summed E-state index contributed by atoms with van der Waals surface area (Å²) in [6, 6.07) is 9.16. The van der Waals surface area contributed by atoms with Crippen LogP contribution in [0.15, 0.2) is 42.5 Å². The number of hydrogen-bond acceptors (Lipinski definition) is 3. The van der Waals surface area contributed by atoms with Gasteiger partial charge in [-0.1, -0.05) is 12.1 Å². The van der Waals surface area contributed by atoms with Crippen molar-refractivity contribution in [3.63, 3.8) is 0 Å². The molecule has 1 aliphatic heterocycles. The zero-order valence-electron chi connectivity index (χ0n) is 14.1. The van der Waals surface area contributed by atoms with Crippen LogP contribution in [-0.2, 0) is 16.1 Å². The van der Waals surface area contributed by atoms with Gasteiger partial charge >= 0.3 is 5.97 Å². The maximum atomic E-state index is 13.4. The lowest BCUT2D eigenvalue weighted by atomic mass is 10.1. The summed E-state index contributed by atoms with van der Waals surface area (Å²) in [5.41, 5.74) is 1.04. The summed E-state index contributed by atoms with van der Waals surface area (Å²) in [5, 5.41) is 11.5. The summed E-state index contributed by atoms with van der Waals surface area (Å²) < 4.78 is 26.4. The summed E-state index contributed by atoms with van der Waals surface area (Å²) in [5.74, 6) is -4.95. The van der Waals surface area contributed by atoms with E-state index in [1.54, 1.807) is 12.1 Å². The fraction of sp³-hybridized carbons (Fsp3) is 0.211. The molecule has 2 amide bonds. The third kappa shape index (κ3) is 3.94. The highest BCUT2D eigenvalue weighted by Gasteiger charge is 2.37. The van der Waals surface area contributed by atoms with Crippen LogP contribution in [0.2, 0.25) is 0 Å². The number of carbonyl (C=O) groups excluding carboxylic acids is 2. The monoisotopic (exact) mass is 374 g/mol. The zero-order valence-corrected chi connectivity index (χ0v) is 14.1. The molecule has 0 spiro atoms. The second-order valence-corrected chi connectivity index (χ2v) is 6.15. The molecule has 1 aliphatic rings. The average Bonchev–Trinajstić information content (AvgIpc) is 3.04. The Morgan fingerprint density at radius 1 is 1.11 bits per heavy atom. The van der Waals surface area contributed by atoms with Gasteiger partial charge in [-0.2, -0.15) is 0 Å². The van der Waals surface area contributed by atoms with Gasteiger partial charge < -0.3 is 15.3 Å². The highest BCUT2D eigenvalue weighted by Crippen LogP contribution is 2.26. The molecule has 2 aromatic carbocycles. The maximum Gasteiger partial charge on any atom is 0.335 e. The number of nitrogens with one attached hydrogen (secondary N) is 1. The molecule has 0 saturated carbocycles. The van der Waals surface area contributed by atoms with Crippen molar-refractivity contribution in [2.24, 2.45) is 5.92 Å². The Morgan fingerprint density at radius 3 is 2.44 bits per heavy atom. The van der Waals surface area contributed by atoms with Crippen LogP contribution in [0.5, 0.6) is 0 Å². The van der Waals surface area contributed by atoms with Gasteiger partial charge in [-0.25, -0.2) is 13.6 Å². The van der Waals surface area contributed by atoms with Crippen molar-refractivity contribution in [2.45, 2.75) is 13.0 Å². The number of carboxylic acids is 1. The molecule has 0 aliphatic carbocycles. The minimum atomic E-state index is -1.06. The number of carboxylic acid groups (broad SMARTS) is 1. The van der Waals surface area contributed by atoms with E-state index < -0.39 is 35.3 Å². The lowest BCUT2D eigenvalue weighted by molar-refractivity contribution is -0.132. The number of halogens is 2. The smallest absolute Gasteiger partial charge is 0.335 e. The fourth-order valence-corrected chi connectivity index (χ4v) is 2.91. The van der Waals surface area contributed by atoms with Crippen LogP contribution >= 0.6 is 0 Å². The van der Waals surface area contributed by atoms with Crippen LogP contribution in [0.1, 0.15) is 22.3 Å². The summed E-state index contributed by atoms with van der Waals surface area (Å²) in [7, 11) is 0. The van der Waals surface area contributed by atoms with E-state index >= 15 is 0 Å². The molecule has 3 rings (SSSR count). The van der Waals surface area contributed by atoms with Crippen molar-refractivity contribution in [3.8, 4) is 0 Å². The molecule has 140 valence electrons. The molecule has 1 saturated heterocycles. The van der Waals surface area contributed by atoms with Crippen LogP contribution in [0.4, 0.5) is 14.5 Å². The van der Waals surface area contributed by atoms with Gasteiger partial charge in [0.25, 0.3) is 0 Å². The van der Waals surface area contributed by atoms with Crippen molar-refractivity contribution < 1.29 is 28.3 Å². The molecule has 1 atom stereocenters. The Morgan fingerprint density at radius 2 is 1.81 bits per heavy atom. The van der Waals surface area contributed by atoms with E-state index in [0.717, 1.165) is 12.1 Å². The molecule has 0 aromatic heterocycles. The van der Waals surface area contributed by atoms with Gasteiger partial charge in [0, 0.05) is 24.8 Å². The van der Waals surface area contributed by atoms with E-state index in [1.165, 1.54) is 23.1 Å². The second-order valence-electron chi connectivity index (χ2n) is 6.15. The van der Waals surface area contributed by atoms with Gasteiger partial charge in [0.2, 0.25) is 11.8 Å². The number of amides is 2. The third-order valence-electron chi connectivity index (χ3n) is 4.40. The number of anilines is 1. The predicted molar refractivity (Wildman–Crippen MR) is 92.1 cm³/mol. The van der Waals surface area contributed by atoms with Crippen LogP contribution in [0, 0.1) is 17.6 Å². The van der Waals surface area contributed by atoms with Gasteiger partial charge in [0.05, 0.1) is 5.56 Å². The largest absolute Gasteiger partial charge is 0.478 e. The first-order chi connectivity index (χ1) is 12.9. The number of carbonyl (C=O) groups is 3. The molecule has 1 heterocycles. The van der Waals surface area contributed by atoms with Crippen molar-refractivity contribution in [2.75, 3.05) is 11.4 Å². The quantitative estimate of drug-likeness (QED) is 0.787. The first kappa shape index (κ1) is 18.5. The van der Waals surface area contributed by atoms with Gasteiger partial charge in [0.15, 0.2) is 11.6 Å². The molecule has 27 heavy (non-hydrogen) atoms. The lowest BCUT2D eigenvalue weighted by Crippen LogP contribution is -2.36. The highest BCUT2D eigenvalue weighted by atomic mass is 19.2. The molecule has 1 fully saturated rings. The standard InChI is InChI=1S/C19H16F2N2O4/c20-15-6-5-13(9-16(15)21)23-8-7-14(18(23)25)17(24)22-10-11-1-3-12(4-2-11)19(26)27/h1-6,9,14H,7-8,10H2,(H,22,24)(H,26,27)/t14-/m0/s1. The third-order valence-corrected chi connectivity index (χ3v) is 4.40. The first-order valence-corrected chi connectivity index (χ1v) is 8.23. The molecule has 2 N–H and O–H groups in total. The van der Waals surface area contributed by atoms with Crippen molar-refractivity contribution >= 4 is 23.5 Å². The normalized spacial score (nSPS) is 16.4. The van der Waals surface area contributed by atoms with Crippen molar-refractivity contribution in [1.29, 1.82) is 0 Å². The number of rotatable bonds is 5. The molecule has 2 aromatic rings. The number of nitrogens with zero attached hydrogens (tertiary/aromatic N) is 1.